The fraction of sp³-hybridized carbons (Fsp3) is 0.118. The normalized spacial score (nSPS) is 11.8. The number of aromatic nitrogens is 3. The molecule has 0 aliphatic carbocycles. The fourth-order valence-corrected chi connectivity index (χ4v) is 2.36. The first kappa shape index (κ1) is 17.2. The molecule has 3 aromatic rings. The van der Waals surface area contributed by atoms with Gasteiger partial charge >= 0.3 is 5.97 Å². The lowest BCUT2D eigenvalue weighted by atomic mass is 10.0. The summed E-state index contributed by atoms with van der Waals surface area (Å²) in [5.74, 6) is -2.31. The van der Waals surface area contributed by atoms with Crippen molar-refractivity contribution in [1.29, 1.82) is 0 Å². The van der Waals surface area contributed by atoms with Gasteiger partial charge in [-0.25, -0.2) is 14.2 Å². The second-order valence-electron chi connectivity index (χ2n) is 5.37. The Morgan fingerprint density at radius 1 is 1.23 bits per heavy atom. The Hall–Kier alpha value is -3.62. The van der Waals surface area contributed by atoms with Crippen molar-refractivity contribution in [3.05, 3.63) is 65.7 Å². The average Bonchev–Trinajstić information content (AvgIpc) is 3.08. The monoisotopic (exact) mass is 356 g/mol. The number of carboxylic acids is 1. The van der Waals surface area contributed by atoms with Crippen LogP contribution >= 0.6 is 0 Å². The minimum atomic E-state index is -1.28. The van der Waals surface area contributed by atoms with Crippen LogP contribution in [0.25, 0.3) is 11.3 Å². The molecule has 132 valence electrons. The van der Waals surface area contributed by atoms with E-state index in [1.54, 1.807) is 6.92 Å². The Bertz CT molecular complexity index is 941. The van der Waals surface area contributed by atoms with E-state index in [9.17, 15) is 19.1 Å². The van der Waals surface area contributed by atoms with Crippen LogP contribution in [0.15, 0.2) is 47.4 Å². The van der Waals surface area contributed by atoms with E-state index in [0.29, 0.717) is 5.56 Å². The summed E-state index contributed by atoms with van der Waals surface area (Å²) in [6, 6.07) is 4.37. The van der Waals surface area contributed by atoms with Crippen LogP contribution in [0, 0.1) is 5.82 Å². The molecule has 0 saturated carbocycles. The third-order valence-corrected chi connectivity index (χ3v) is 3.59. The minimum absolute atomic E-state index is 0.0333. The molecule has 1 aromatic carbocycles. The lowest BCUT2D eigenvalue weighted by Gasteiger charge is -2.11. The number of hydrogen-bond acceptors (Lipinski definition) is 6. The molecule has 9 heteroatoms. The number of amides is 1. The lowest BCUT2D eigenvalue weighted by Crippen LogP contribution is -2.28. The van der Waals surface area contributed by atoms with Crippen molar-refractivity contribution in [3.63, 3.8) is 0 Å². The Morgan fingerprint density at radius 3 is 2.58 bits per heavy atom. The number of carboxylic acid groups (broad SMARTS) is 1. The van der Waals surface area contributed by atoms with Gasteiger partial charge in [0.05, 0.1) is 12.2 Å². The zero-order chi connectivity index (χ0) is 18.7. The summed E-state index contributed by atoms with van der Waals surface area (Å²) in [5.41, 5.74) is 0.303. The Morgan fingerprint density at radius 2 is 1.96 bits per heavy atom. The van der Waals surface area contributed by atoms with Crippen LogP contribution in [0.2, 0.25) is 0 Å². The van der Waals surface area contributed by atoms with Gasteiger partial charge in [-0.15, -0.1) is 0 Å². The maximum absolute atomic E-state index is 13.1. The predicted molar refractivity (Wildman–Crippen MR) is 86.8 cm³/mol. The van der Waals surface area contributed by atoms with Crippen LogP contribution in [0.3, 0.4) is 0 Å². The number of carbonyl (C=O) groups excluding carboxylic acids is 1. The lowest BCUT2D eigenvalue weighted by molar-refractivity contribution is 0.0692. The topological polar surface area (TPSA) is 118 Å². The Labute approximate surface area is 146 Å². The molecule has 2 heterocycles. The third kappa shape index (κ3) is 3.41. The van der Waals surface area contributed by atoms with Crippen LogP contribution < -0.4 is 5.32 Å². The average molecular weight is 356 g/mol. The Kier molecular flexibility index (Phi) is 4.70. The quantitative estimate of drug-likeness (QED) is 0.721. The van der Waals surface area contributed by atoms with Gasteiger partial charge in [0, 0.05) is 18.0 Å². The maximum Gasteiger partial charge on any atom is 0.341 e. The van der Waals surface area contributed by atoms with Crippen molar-refractivity contribution in [1.82, 2.24) is 20.4 Å². The van der Waals surface area contributed by atoms with Crippen molar-refractivity contribution in [3.8, 4) is 11.3 Å². The summed E-state index contributed by atoms with van der Waals surface area (Å²) in [6.45, 7) is 1.55. The molecule has 0 aliphatic heterocycles. The molecule has 2 aromatic heterocycles. The zero-order valence-electron chi connectivity index (χ0n) is 13.5. The number of rotatable bonds is 5. The summed E-state index contributed by atoms with van der Waals surface area (Å²) >= 11 is 0. The van der Waals surface area contributed by atoms with Gasteiger partial charge in [-0.05, 0) is 31.2 Å². The van der Waals surface area contributed by atoms with E-state index in [1.165, 1.54) is 42.9 Å². The first-order chi connectivity index (χ1) is 12.5. The highest BCUT2D eigenvalue weighted by Gasteiger charge is 2.28. The molecule has 3 rings (SSSR count). The number of carbonyl (C=O) groups is 2. The maximum atomic E-state index is 13.1. The zero-order valence-corrected chi connectivity index (χ0v) is 13.5. The number of nitrogens with one attached hydrogen (secondary N) is 1. The molecule has 0 aliphatic rings. The highest BCUT2D eigenvalue weighted by atomic mass is 19.1. The second-order valence-corrected chi connectivity index (χ2v) is 5.37. The molecule has 0 radical (unpaired) electrons. The van der Waals surface area contributed by atoms with Gasteiger partial charge in [0.1, 0.15) is 22.8 Å². The van der Waals surface area contributed by atoms with Crippen LogP contribution in [-0.2, 0) is 0 Å². The van der Waals surface area contributed by atoms with Crippen molar-refractivity contribution in [2.75, 3.05) is 0 Å². The summed E-state index contributed by atoms with van der Waals surface area (Å²) in [4.78, 5) is 31.5. The molecule has 0 fully saturated rings. The highest BCUT2D eigenvalue weighted by Crippen LogP contribution is 2.29. The van der Waals surface area contributed by atoms with E-state index in [1.807, 2.05) is 0 Å². The smallest absolute Gasteiger partial charge is 0.341 e. The van der Waals surface area contributed by atoms with Gasteiger partial charge < -0.3 is 14.9 Å². The molecule has 0 bridgehead atoms. The molecule has 1 unspecified atom stereocenters. The van der Waals surface area contributed by atoms with E-state index in [0.717, 1.165) is 0 Å². The Balaban J connectivity index is 1.91. The largest absolute Gasteiger partial charge is 0.477 e. The van der Waals surface area contributed by atoms with Crippen LogP contribution in [0.1, 0.15) is 39.6 Å². The second kappa shape index (κ2) is 7.09. The number of aromatic carboxylic acids is 1. The number of halogens is 1. The van der Waals surface area contributed by atoms with Crippen LogP contribution in [0.5, 0.6) is 0 Å². The number of benzene rings is 1. The van der Waals surface area contributed by atoms with Gasteiger partial charge in [0.25, 0.3) is 5.91 Å². The molecule has 1 amide bonds. The van der Waals surface area contributed by atoms with Gasteiger partial charge in [-0.3, -0.25) is 9.78 Å². The van der Waals surface area contributed by atoms with Crippen molar-refractivity contribution in [2.24, 2.45) is 0 Å². The summed E-state index contributed by atoms with van der Waals surface area (Å²) in [6.07, 6.45) is 4.07. The predicted octanol–water partition coefficient (Wildman–Crippen LogP) is 2.46. The van der Waals surface area contributed by atoms with Gasteiger partial charge in [-0.2, -0.15) is 0 Å². The summed E-state index contributed by atoms with van der Waals surface area (Å²) in [5, 5.41) is 15.9. The van der Waals surface area contributed by atoms with Gasteiger partial charge in [0.15, 0.2) is 5.76 Å². The molecular weight excluding hydrogens is 343 g/mol. The first-order valence-corrected chi connectivity index (χ1v) is 7.53. The molecular formula is C17H13FN4O4. The molecule has 26 heavy (non-hydrogen) atoms. The molecule has 0 saturated heterocycles. The fourth-order valence-electron chi connectivity index (χ4n) is 2.36. The minimum Gasteiger partial charge on any atom is -0.477 e. The number of hydrogen-bond donors (Lipinski definition) is 2. The third-order valence-electron chi connectivity index (χ3n) is 3.59. The van der Waals surface area contributed by atoms with E-state index in [2.05, 4.69) is 20.4 Å². The van der Waals surface area contributed by atoms with Gasteiger partial charge in [-0.1, -0.05) is 5.16 Å². The van der Waals surface area contributed by atoms with Gasteiger partial charge in [0.2, 0.25) is 0 Å². The highest BCUT2D eigenvalue weighted by molar-refractivity contribution is 5.96. The standard InChI is InChI=1S/C17H13FN4O4/c1-9(21-16(23)12-8-19-6-7-20-12)15-13(17(24)25)14(22-26-15)10-2-4-11(18)5-3-10/h2-9H,1H3,(H,21,23)(H,24,25). The van der Waals surface area contributed by atoms with Crippen molar-refractivity contribution >= 4 is 11.9 Å². The SMILES string of the molecule is CC(NC(=O)c1cnccn1)c1onc(-c2ccc(F)cc2)c1C(=O)O. The molecule has 1 atom stereocenters. The van der Waals surface area contributed by atoms with E-state index in [4.69, 9.17) is 4.52 Å². The van der Waals surface area contributed by atoms with Crippen LogP contribution in [0.4, 0.5) is 4.39 Å². The van der Waals surface area contributed by atoms with Crippen molar-refractivity contribution in [2.45, 2.75) is 13.0 Å². The van der Waals surface area contributed by atoms with E-state index >= 15 is 0 Å². The van der Waals surface area contributed by atoms with Crippen molar-refractivity contribution < 1.29 is 23.6 Å². The summed E-state index contributed by atoms with van der Waals surface area (Å²) in [7, 11) is 0. The number of nitrogens with zero attached hydrogens (tertiary/aromatic N) is 3. The molecule has 8 nitrogen and oxygen atoms in total. The molecule has 2 N–H and O–H groups in total. The first-order valence-electron chi connectivity index (χ1n) is 7.53. The van der Waals surface area contributed by atoms with E-state index in [-0.39, 0.29) is 22.7 Å². The molecule has 0 spiro atoms. The van der Waals surface area contributed by atoms with E-state index < -0.39 is 23.7 Å². The summed E-state index contributed by atoms with van der Waals surface area (Å²) < 4.78 is 18.2. The van der Waals surface area contributed by atoms with Crippen LogP contribution in [-0.4, -0.2) is 32.1 Å².